The van der Waals surface area contributed by atoms with Gasteiger partial charge in [-0.25, -0.2) is 9.50 Å². The van der Waals surface area contributed by atoms with Crippen LogP contribution in [0.2, 0.25) is 0 Å². The first-order valence-corrected chi connectivity index (χ1v) is 9.89. The van der Waals surface area contributed by atoms with Gasteiger partial charge >= 0.3 is 11.8 Å². The number of imidazole rings is 1. The van der Waals surface area contributed by atoms with Gasteiger partial charge in [0.25, 0.3) is 5.89 Å². The largest absolute Gasteiger partial charge is 0.411 e. The van der Waals surface area contributed by atoms with E-state index in [2.05, 4.69) is 30.4 Å². The van der Waals surface area contributed by atoms with Crippen LogP contribution in [0.4, 0.5) is 4.39 Å². The Labute approximate surface area is 179 Å². The standard InChI is InChI=1S/C20H16FN9O2/c1-28-7-5-13(26-28)18-24-25-19(32-18)20(31)29-8-6-12-16(23-10-22-12)17(29)14-9-11-3-2-4-15(21)30(11)27-14/h2-5,7,9-10,17H,6,8H2,1H3,(H,22,23). The predicted octanol–water partition coefficient (Wildman–Crippen LogP) is 1.77. The van der Waals surface area contributed by atoms with Crippen LogP contribution in [-0.2, 0) is 13.5 Å². The third kappa shape index (κ3) is 2.80. The summed E-state index contributed by atoms with van der Waals surface area (Å²) in [5, 5.41) is 16.5. The molecule has 0 aliphatic carbocycles. The van der Waals surface area contributed by atoms with E-state index >= 15 is 0 Å². The van der Waals surface area contributed by atoms with E-state index in [-0.39, 0.29) is 11.8 Å². The van der Waals surface area contributed by atoms with E-state index in [1.807, 2.05) is 0 Å². The van der Waals surface area contributed by atoms with Crippen LogP contribution in [0, 0.1) is 5.95 Å². The third-order valence-electron chi connectivity index (χ3n) is 5.47. The monoisotopic (exact) mass is 433 g/mol. The van der Waals surface area contributed by atoms with Crippen molar-refractivity contribution >= 4 is 11.4 Å². The summed E-state index contributed by atoms with van der Waals surface area (Å²) in [6, 6.07) is 7.50. The van der Waals surface area contributed by atoms with E-state index in [4.69, 9.17) is 4.42 Å². The summed E-state index contributed by atoms with van der Waals surface area (Å²) in [4.78, 5) is 22.5. The van der Waals surface area contributed by atoms with Crippen molar-refractivity contribution in [2.75, 3.05) is 6.54 Å². The van der Waals surface area contributed by atoms with Gasteiger partial charge < -0.3 is 14.3 Å². The van der Waals surface area contributed by atoms with Crippen LogP contribution in [0.5, 0.6) is 0 Å². The lowest BCUT2D eigenvalue weighted by Gasteiger charge is -2.32. The molecule has 5 aromatic rings. The highest BCUT2D eigenvalue weighted by Crippen LogP contribution is 2.34. The molecule has 0 fully saturated rings. The summed E-state index contributed by atoms with van der Waals surface area (Å²) < 4.78 is 22.7. The number of rotatable bonds is 3. The van der Waals surface area contributed by atoms with E-state index in [0.29, 0.717) is 35.6 Å². The number of carbonyl (C=O) groups is 1. The number of aromatic amines is 1. The van der Waals surface area contributed by atoms with Crippen LogP contribution < -0.4 is 0 Å². The lowest BCUT2D eigenvalue weighted by Crippen LogP contribution is -2.41. The predicted molar refractivity (Wildman–Crippen MR) is 107 cm³/mol. The lowest BCUT2D eigenvalue weighted by molar-refractivity contribution is 0.0646. The second-order valence-electron chi connectivity index (χ2n) is 7.46. The number of carbonyl (C=O) groups excluding carboxylic acids is 1. The Morgan fingerprint density at radius 3 is 2.97 bits per heavy atom. The molecule has 32 heavy (non-hydrogen) atoms. The van der Waals surface area contributed by atoms with Gasteiger partial charge in [0.05, 0.1) is 23.2 Å². The van der Waals surface area contributed by atoms with Gasteiger partial charge in [0, 0.05) is 31.9 Å². The lowest BCUT2D eigenvalue weighted by atomic mass is 9.99. The molecular formula is C20H16FN9O2. The minimum Gasteiger partial charge on any atom is -0.411 e. The number of pyridine rings is 1. The number of amides is 1. The van der Waals surface area contributed by atoms with Crippen molar-refractivity contribution in [2.24, 2.45) is 7.05 Å². The van der Waals surface area contributed by atoms with Gasteiger partial charge in [0.2, 0.25) is 5.95 Å². The highest BCUT2D eigenvalue weighted by atomic mass is 19.1. The van der Waals surface area contributed by atoms with Crippen LogP contribution in [0.25, 0.3) is 17.1 Å². The van der Waals surface area contributed by atoms with Crippen LogP contribution in [0.3, 0.4) is 0 Å². The fourth-order valence-electron chi connectivity index (χ4n) is 3.99. The van der Waals surface area contributed by atoms with E-state index in [9.17, 15) is 9.18 Å². The first-order valence-electron chi connectivity index (χ1n) is 9.89. The fraction of sp³-hybridized carbons (Fsp3) is 0.200. The summed E-state index contributed by atoms with van der Waals surface area (Å²) in [6.45, 7) is 0.371. The summed E-state index contributed by atoms with van der Waals surface area (Å²) in [7, 11) is 1.77. The Morgan fingerprint density at radius 1 is 1.25 bits per heavy atom. The Bertz CT molecular complexity index is 1460. The van der Waals surface area contributed by atoms with Crippen molar-refractivity contribution in [1.82, 2.24) is 44.5 Å². The number of hydrogen-bond donors (Lipinski definition) is 1. The van der Waals surface area contributed by atoms with Crippen molar-refractivity contribution in [3.05, 3.63) is 71.8 Å². The molecule has 1 unspecified atom stereocenters. The summed E-state index contributed by atoms with van der Waals surface area (Å²) >= 11 is 0. The third-order valence-corrected chi connectivity index (χ3v) is 5.47. The molecular weight excluding hydrogens is 417 g/mol. The molecule has 11 nitrogen and oxygen atoms in total. The minimum absolute atomic E-state index is 0.151. The zero-order valence-electron chi connectivity index (χ0n) is 16.8. The van der Waals surface area contributed by atoms with Gasteiger partial charge in [-0.05, 0) is 24.3 Å². The molecule has 0 spiro atoms. The molecule has 1 aliphatic heterocycles. The number of fused-ring (bicyclic) bond motifs is 2. The van der Waals surface area contributed by atoms with Crippen LogP contribution in [0.1, 0.15) is 33.8 Å². The zero-order valence-corrected chi connectivity index (χ0v) is 16.8. The molecule has 1 amide bonds. The topological polar surface area (TPSA) is 123 Å². The average molecular weight is 433 g/mol. The van der Waals surface area contributed by atoms with Gasteiger partial charge in [-0.1, -0.05) is 6.07 Å². The van der Waals surface area contributed by atoms with E-state index in [1.165, 1.54) is 10.6 Å². The smallest absolute Gasteiger partial charge is 0.312 e. The minimum atomic E-state index is -0.637. The number of nitrogens with zero attached hydrogens (tertiary/aromatic N) is 8. The highest BCUT2D eigenvalue weighted by Gasteiger charge is 2.38. The second kappa shape index (κ2) is 6.83. The number of halogens is 1. The molecule has 0 saturated carbocycles. The number of aromatic nitrogens is 8. The maximum Gasteiger partial charge on any atom is 0.312 e. The van der Waals surface area contributed by atoms with Crippen molar-refractivity contribution in [2.45, 2.75) is 12.5 Å². The number of nitrogens with one attached hydrogen (secondary N) is 1. The fourth-order valence-corrected chi connectivity index (χ4v) is 3.99. The summed E-state index contributed by atoms with van der Waals surface area (Å²) in [5.41, 5.74) is 3.08. The molecule has 1 aliphatic rings. The van der Waals surface area contributed by atoms with Gasteiger partial charge in [0.15, 0.2) is 0 Å². The van der Waals surface area contributed by atoms with Crippen LogP contribution in [-0.4, -0.2) is 56.9 Å². The molecule has 160 valence electrons. The van der Waals surface area contributed by atoms with Crippen LogP contribution in [0.15, 0.2) is 47.3 Å². The van der Waals surface area contributed by atoms with E-state index in [1.54, 1.807) is 53.4 Å². The Morgan fingerprint density at radius 2 is 2.16 bits per heavy atom. The molecule has 0 saturated heterocycles. The first kappa shape index (κ1) is 18.4. The number of H-pyrrole nitrogens is 1. The number of aryl methyl sites for hydroxylation is 1. The quantitative estimate of drug-likeness (QED) is 0.430. The molecule has 1 N–H and O–H groups in total. The maximum absolute atomic E-state index is 14.2. The van der Waals surface area contributed by atoms with Crippen molar-refractivity contribution in [3.8, 4) is 11.6 Å². The van der Waals surface area contributed by atoms with Crippen molar-refractivity contribution < 1.29 is 13.6 Å². The molecule has 6 heterocycles. The molecule has 0 aromatic carbocycles. The Kier molecular flexibility index (Phi) is 3.93. The van der Waals surface area contributed by atoms with Crippen LogP contribution >= 0.6 is 0 Å². The Balaban J connectivity index is 1.41. The Hall–Kier alpha value is -4.35. The number of hydrogen-bond acceptors (Lipinski definition) is 7. The maximum atomic E-state index is 14.2. The van der Waals surface area contributed by atoms with Crippen molar-refractivity contribution in [1.29, 1.82) is 0 Å². The van der Waals surface area contributed by atoms with Gasteiger partial charge in [0.1, 0.15) is 11.7 Å². The molecule has 12 heteroatoms. The average Bonchev–Trinajstić information content (AvgIpc) is 3.57. The second-order valence-corrected chi connectivity index (χ2v) is 7.46. The van der Waals surface area contributed by atoms with E-state index < -0.39 is 17.9 Å². The summed E-state index contributed by atoms with van der Waals surface area (Å²) in [5.74, 6) is -0.972. The SMILES string of the molecule is Cn1ccc(-c2nnc(C(=O)N3CCc4[nH]cnc4C3c3cc4cccc(F)n4n3)o2)n1. The normalized spacial score (nSPS) is 15.9. The first-order chi connectivity index (χ1) is 15.6. The van der Waals surface area contributed by atoms with Gasteiger partial charge in [-0.3, -0.25) is 9.48 Å². The van der Waals surface area contributed by atoms with Gasteiger partial charge in [-0.2, -0.15) is 14.6 Å². The van der Waals surface area contributed by atoms with E-state index in [0.717, 1.165) is 5.69 Å². The molecule has 5 aromatic heterocycles. The molecule has 0 radical (unpaired) electrons. The highest BCUT2D eigenvalue weighted by molar-refractivity contribution is 5.90. The summed E-state index contributed by atoms with van der Waals surface area (Å²) in [6.07, 6.45) is 3.89. The molecule has 1 atom stereocenters. The van der Waals surface area contributed by atoms with Crippen molar-refractivity contribution in [3.63, 3.8) is 0 Å². The van der Waals surface area contributed by atoms with Gasteiger partial charge in [-0.15, -0.1) is 10.2 Å². The molecule has 0 bridgehead atoms. The molecule has 6 rings (SSSR count). The zero-order chi connectivity index (χ0) is 21.8.